The third-order valence-corrected chi connectivity index (χ3v) is 2.36. The fourth-order valence-corrected chi connectivity index (χ4v) is 1.51. The summed E-state index contributed by atoms with van der Waals surface area (Å²) in [7, 11) is 0. The molecule has 2 heteroatoms. The number of halogens is 1. The van der Waals surface area contributed by atoms with Crippen LogP contribution in [0.5, 0.6) is 0 Å². The summed E-state index contributed by atoms with van der Waals surface area (Å²) in [4.78, 5) is 4.10. The Kier molecular flexibility index (Phi) is 2.77. The predicted molar refractivity (Wildman–Crippen MR) is 59.0 cm³/mol. The molecule has 0 aliphatic rings. The highest BCUT2D eigenvalue weighted by Gasteiger charge is 2.04. The SMILES string of the molecule is CCc1ncc(-c2ccccc2)cc1F. The smallest absolute Gasteiger partial charge is 0.145 e. The molecule has 1 aromatic heterocycles. The molecule has 0 atom stereocenters. The van der Waals surface area contributed by atoms with Gasteiger partial charge in [-0.3, -0.25) is 4.98 Å². The van der Waals surface area contributed by atoms with Gasteiger partial charge in [-0.15, -0.1) is 0 Å². The van der Waals surface area contributed by atoms with Gasteiger partial charge in [0.25, 0.3) is 0 Å². The highest BCUT2D eigenvalue weighted by molar-refractivity contribution is 5.62. The molecule has 0 bridgehead atoms. The average Bonchev–Trinajstić information content (AvgIpc) is 2.30. The molecule has 0 N–H and O–H groups in total. The first-order valence-electron chi connectivity index (χ1n) is 5.01. The summed E-state index contributed by atoms with van der Waals surface area (Å²) in [6.45, 7) is 1.90. The Bertz CT molecular complexity index is 451. The van der Waals surface area contributed by atoms with Crippen molar-refractivity contribution in [3.63, 3.8) is 0 Å². The van der Waals surface area contributed by atoms with Crippen LogP contribution in [-0.4, -0.2) is 4.98 Å². The van der Waals surface area contributed by atoms with Crippen molar-refractivity contribution < 1.29 is 4.39 Å². The van der Waals surface area contributed by atoms with Crippen LogP contribution < -0.4 is 0 Å². The maximum absolute atomic E-state index is 13.5. The van der Waals surface area contributed by atoms with E-state index in [1.54, 1.807) is 12.3 Å². The van der Waals surface area contributed by atoms with Crippen molar-refractivity contribution in [1.82, 2.24) is 4.98 Å². The van der Waals surface area contributed by atoms with Crippen molar-refractivity contribution in [2.75, 3.05) is 0 Å². The molecule has 0 aliphatic heterocycles. The predicted octanol–water partition coefficient (Wildman–Crippen LogP) is 3.45. The largest absolute Gasteiger partial charge is 0.258 e. The standard InChI is InChI=1S/C13H12FN/c1-2-13-12(14)8-11(9-15-13)10-6-4-3-5-7-10/h3-9H,2H2,1H3. The topological polar surface area (TPSA) is 12.9 Å². The van der Waals surface area contributed by atoms with Crippen LogP contribution >= 0.6 is 0 Å². The Morgan fingerprint density at radius 3 is 2.47 bits per heavy atom. The number of aryl methyl sites for hydroxylation is 1. The first-order chi connectivity index (χ1) is 7.31. The minimum Gasteiger partial charge on any atom is -0.258 e. The maximum atomic E-state index is 13.5. The van der Waals surface area contributed by atoms with Crippen molar-refractivity contribution in [1.29, 1.82) is 0 Å². The van der Waals surface area contributed by atoms with E-state index in [1.807, 2.05) is 37.3 Å². The third kappa shape index (κ3) is 2.04. The second-order valence-corrected chi connectivity index (χ2v) is 3.37. The quantitative estimate of drug-likeness (QED) is 0.725. The second-order valence-electron chi connectivity index (χ2n) is 3.37. The summed E-state index contributed by atoms with van der Waals surface area (Å²) < 4.78 is 13.5. The lowest BCUT2D eigenvalue weighted by Crippen LogP contribution is -1.93. The van der Waals surface area contributed by atoms with Gasteiger partial charge in [-0.05, 0) is 18.1 Å². The molecular formula is C13H12FN. The number of pyridine rings is 1. The second kappa shape index (κ2) is 4.22. The zero-order valence-corrected chi connectivity index (χ0v) is 8.57. The van der Waals surface area contributed by atoms with E-state index in [4.69, 9.17) is 0 Å². The summed E-state index contributed by atoms with van der Waals surface area (Å²) >= 11 is 0. The van der Waals surface area contributed by atoms with E-state index in [0.717, 1.165) is 11.1 Å². The van der Waals surface area contributed by atoms with E-state index in [0.29, 0.717) is 12.1 Å². The van der Waals surface area contributed by atoms with Crippen molar-refractivity contribution in [3.8, 4) is 11.1 Å². The van der Waals surface area contributed by atoms with Crippen LogP contribution in [0.4, 0.5) is 4.39 Å². The third-order valence-electron chi connectivity index (χ3n) is 2.36. The number of hydrogen-bond acceptors (Lipinski definition) is 1. The minimum atomic E-state index is -0.223. The van der Waals surface area contributed by atoms with Crippen LogP contribution in [0.3, 0.4) is 0 Å². The number of rotatable bonds is 2. The lowest BCUT2D eigenvalue weighted by molar-refractivity contribution is 0.602. The molecule has 15 heavy (non-hydrogen) atoms. The van der Waals surface area contributed by atoms with E-state index in [1.165, 1.54) is 0 Å². The van der Waals surface area contributed by atoms with Crippen molar-refractivity contribution in [2.24, 2.45) is 0 Å². The summed E-state index contributed by atoms with van der Waals surface area (Å²) in [5.41, 5.74) is 2.34. The Morgan fingerprint density at radius 2 is 1.87 bits per heavy atom. The van der Waals surface area contributed by atoms with Gasteiger partial charge in [0.15, 0.2) is 0 Å². The summed E-state index contributed by atoms with van der Waals surface area (Å²) in [5.74, 6) is -0.223. The molecule has 0 aliphatic carbocycles. The lowest BCUT2D eigenvalue weighted by Gasteiger charge is -2.03. The fraction of sp³-hybridized carbons (Fsp3) is 0.154. The number of nitrogens with zero attached hydrogens (tertiary/aromatic N) is 1. The number of benzene rings is 1. The number of hydrogen-bond donors (Lipinski definition) is 0. The van der Waals surface area contributed by atoms with Gasteiger partial charge in [0, 0.05) is 11.8 Å². The van der Waals surface area contributed by atoms with Gasteiger partial charge in [-0.2, -0.15) is 0 Å². The van der Waals surface area contributed by atoms with Crippen molar-refractivity contribution in [2.45, 2.75) is 13.3 Å². The van der Waals surface area contributed by atoms with Gasteiger partial charge in [-0.25, -0.2) is 4.39 Å². The van der Waals surface area contributed by atoms with Crippen LogP contribution in [0.2, 0.25) is 0 Å². The fourth-order valence-electron chi connectivity index (χ4n) is 1.51. The molecule has 0 spiro atoms. The number of aromatic nitrogens is 1. The molecule has 1 nitrogen and oxygen atoms in total. The first-order valence-corrected chi connectivity index (χ1v) is 5.01. The molecule has 0 radical (unpaired) electrons. The summed E-state index contributed by atoms with van der Waals surface area (Å²) in [5, 5.41) is 0. The van der Waals surface area contributed by atoms with Crippen LogP contribution in [0.1, 0.15) is 12.6 Å². The Morgan fingerprint density at radius 1 is 1.13 bits per heavy atom. The van der Waals surface area contributed by atoms with Gasteiger partial charge in [0.2, 0.25) is 0 Å². The Balaban J connectivity index is 2.43. The van der Waals surface area contributed by atoms with Crippen LogP contribution in [-0.2, 0) is 6.42 Å². The first kappa shape index (κ1) is 9.84. The van der Waals surface area contributed by atoms with Crippen molar-refractivity contribution in [3.05, 3.63) is 54.1 Å². The van der Waals surface area contributed by atoms with Gasteiger partial charge >= 0.3 is 0 Å². The summed E-state index contributed by atoms with van der Waals surface area (Å²) in [6.07, 6.45) is 2.35. The zero-order valence-electron chi connectivity index (χ0n) is 8.57. The van der Waals surface area contributed by atoms with Gasteiger partial charge < -0.3 is 0 Å². The van der Waals surface area contributed by atoms with Gasteiger partial charge in [0.1, 0.15) is 5.82 Å². The summed E-state index contributed by atoms with van der Waals surface area (Å²) in [6, 6.07) is 11.2. The molecular weight excluding hydrogens is 189 g/mol. The molecule has 76 valence electrons. The van der Waals surface area contributed by atoms with E-state index < -0.39 is 0 Å². The van der Waals surface area contributed by atoms with E-state index in [-0.39, 0.29) is 5.82 Å². The lowest BCUT2D eigenvalue weighted by atomic mass is 10.1. The highest BCUT2D eigenvalue weighted by Crippen LogP contribution is 2.19. The van der Waals surface area contributed by atoms with Crippen LogP contribution in [0, 0.1) is 5.82 Å². The van der Waals surface area contributed by atoms with Crippen LogP contribution in [0.25, 0.3) is 11.1 Å². The molecule has 0 amide bonds. The maximum Gasteiger partial charge on any atom is 0.145 e. The average molecular weight is 201 g/mol. The molecule has 1 heterocycles. The molecule has 2 rings (SSSR count). The van der Waals surface area contributed by atoms with E-state index in [2.05, 4.69) is 4.98 Å². The minimum absolute atomic E-state index is 0.223. The molecule has 0 saturated heterocycles. The van der Waals surface area contributed by atoms with Gasteiger partial charge in [0.05, 0.1) is 5.69 Å². The van der Waals surface area contributed by atoms with Crippen LogP contribution in [0.15, 0.2) is 42.6 Å². The highest BCUT2D eigenvalue weighted by atomic mass is 19.1. The molecule has 0 unspecified atom stereocenters. The molecule has 1 aromatic carbocycles. The molecule has 0 fully saturated rings. The normalized spacial score (nSPS) is 10.3. The van der Waals surface area contributed by atoms with E-state index in [9.17, 15) is 4.39 Å². The zero-order chi connectivity index (χ0) is 10.7. The van der Waals surface area contributed by atoms with Crippen molar-refractivity contribution >= 4 is 0 Å². The Hall–Kier alpha value is -1.70. The Labute approximate surface area is 88.6 Å². The molecule has 0 saturated carbocycles. The monoisotopic (exact) mass is 201 g/mol. The van der Waals surface area contributed by atoms with Gasteiger partial charge in [-0.1, -0.05) is 37.3 Å². The van der Waals surface area contributed by atoms with E-state index >= 15 is 0 Å². The molecule has 2 aromatic rings.